The lowest BCUT2D eigenvalue weighted by atomic mass is 9.82. The maximum atomic E-state index is 12.6. The minimum absolute atomic E-state index is 0.423. The maximum absolute atomic E-state index is 12.6. The van der Waals surface area contributed by atoms with Crippen LogP contribution in [0.4, 0.5) is 0 Å². The predicted molar refractivity (Wildman–Crippen MR) is 127 cm³/mol. The number of halogens is 2. The summed E-state index contributed by atoms with van der Waals surface area (Å²) in [5.74, 6) is -1.74. The standard InChI is InChI=1S/C24H8Br2N2O4/c25-13-5-12-16-10(22(30)28-24(12)32)4-2-8-18-14(26)6-11-15-9(21(29)27-23(11)31)3-1-7(19(15)18)17(13)20(8)16/h1-6H,(H,27,29,31)(H,28,30,32). The van der Waals surface area contributed by atoms with Gasteiger partial charge in [0.2, 0.25) is 0 Å². The third kappa shape index (κ3) is 1.96. The second-order valence-corrected chi connectivity index (χ2v) is 9.66. The SMILES string of the molecule is O=C1NC(=O)c2cc(Br)c3c4ccc5c6c(cc(Br)c(c7ccc1c2c73)c64)C(=O)NC5=O. The molecule has 152 valence electrons. The van der Waals surface area contributed by atoms with Crippen LogP contribution in [0.2, 0.25) is 0 Å². The van der Waals surface area contributed by atoms with E-state index in [-0.39, 0.29) is 0 Å². The number of amides is 4. The van der Waals surface area contributed by atoms with Crippen molar-refractivity contribution in [2.24, 2.45) is 0 Å². The molecule has 2 aliphatic rings. The van der Waals surface area contributed by atoms with E-state index >= 15 is 0 Å². The highest BCUT2D eigenvalue weighted by atomic mass is 79.9. The van der Waals surface area contributed by atoms with Gasteiger partial charge in [0.1, 0.15) is 0 Å². The summed E-state index contributed by atoms with van der Waals surface area (Å²) in [7, 11) is 0. The average molecular weight is 548 g/mol. The summed E-state index contributed by atoms with van der Waals surface area (Å²) in [5.41, 5.74) is 1.72. The molecule has 5 aromatic rings. The lowest BCUT2D eigenvalue weighted by molar-refractivity contribution is 0.0828. The van der Waals surface area contributed by atoms with Gasteiger partial charge >= 0.3 is 0 Å². The van der Waals surface area contributed by atoms with E-state index in [4.69, 9.17) is 0 Å². The van der Waals surface area contributed by atoms with E-state index < -0.39 is 23.6 Å². The Morgan fingerprint density at radius 3 is 1.25 bits per heavy atom. The molecule has 0 unspecified atom stereocenters. The summed E-state index contributed by atoms with van der Waals surface area (Å²) < 4.78 is 1.38. The third-order valence-electron chi connectivity index (χ3n) is 6.44. The Bertz CT molecular complexity index is 1690. The fraction of sp³-hybridized carbons (Fsp3) is 0. The highest BCUT2D eigenvalue weighted by Crippen LogP contribution is 2.49. The summed E-state index contributed by atoms with van der Waals surface area (Å²) in [6.45, 7) is 0. The van der Waals surface area contributed by atoms with Crippen LogP contribution in [0.1, 0.15) is 41.4 Å². The highest BCUT2D eigenvalue weighted by Gasteiger charge is 2.32. The van der Waals surface area contributed by atoms with Crippen LogP contribution < -0.4 is 10.6 Å². The van der Waals surface area contributed by atoms with Crippen LogP contribution in [0.3, 0.4) is 0 Å². The summed E-state index contributed by atoms with van der Waals surface area (Å²) in [6, 6.07) is 10.6. The van der Waals surface area contributed by atoms with E-state index in [1.165, 1.54) is 0 Å². The van der Waals surface area contributed by atoms with Crippen LogP contribution >= 0.6 is 31.9 Å². The zero-order valence-corrected chi connectivity index (χ0v) is 19.0. The quantitative estimate of drug-likeness (QED) is 0.162. The molecule has 0 saturated carbocycles. The van der Waals surface area contributed by atoms with Crippen molar-refractivity contribution in [3.05, 3.63) is 67.6 Å². The van der Waals surface area contributed by atoms with Crippen molar-refractivity contribution in [3.63, 3.8) is 0 Å². The van der Waals surface area contributed by atoms with Crippen molar-refractivity contribution < 1.29 is 19.2 Å². The number of hydrogen-bond donors (Lipinski definition) is 2. The Kier molecular flexibility index (Phi) is 3.25. The molecule has 4 amide bonds. The maximum Gasteiger partial charge on any atom is 0.258 e. The van der Waals surface area contributed by atoms with Crippen LogP contribution in [0, 0.1) is 0 Å². The van der Waals surface area contributed by atoms with Gasteiger partial charge in [-0.1, -0.05) is 44.0 Å². The molecule has 2 aliphatic heterocycles. The van der Waals surface area contributed by atoms with Gasteiger partial charge in [0, 0.05) is 63.5 Å². The molecule has 0 fully saturated rings. The number of imide groups is 2. The van der Waals surface area contributed by atoms with Gasteiger partial charge in [-0.3, -0.25) is 29.8 Å². The first-order valence-corrected chi connectivity index (χ1v) is 11.3. The summed E-state index contributed by atoms with van der Waals surface area (Å²) >= 11 is 7.27. The van der Waals surface area contributed by atoms with Crippen LogP contribution in [0.15, 0.2) is 45.3 Å². The molecule has 0 aromatic heterocycles. The van der Waals surface area contributed by atoms with Gasteiger partial charge < -0.3 is 0 Å². The van der Waals surface area contributed by atoms with Crippen LogP contribution in [-0.2, 0) is 0 Å². The summed E-state index contributed by atoms with van der Waals surface area (Å²) in [6.07, 6.45) is 0. The lowest BCUT2D eigenvalue weighted by Gasteiger charge is -2.25. The van der Waals surface area contributed by atoms with Gasteiger partial charge in [-0.15, -0.1) is 0 Å². The number of fused-ring (bicyclic) bond motifs is 2. The molecule has 2 heterocycles. The number of carbonyl (C=O) groups excluding carboxylic acids is 4. The normalized spacial score (nSPS) is 15.3. The molecule has 0 bridgehead atoms. The monoisotopic (exact) mass is 546 g/mol. The average Bonchev–Trinajstić information content (AvgIpc) is 2.76. The largest absolute Gasteiger partial charge is 0.288 e. The molecule has 0 radical (unpaired) electrons. The lowest BCUT2D eigenvalue weighted by Crippen LogP contribution is -2.35. The van der Waals surface area contributed by atoms with Crippen molar-refractivity contribution in [2.45, 2.75) is 0 Å². The first-order chi connectivity index (χ1) is 15.4. The minimum atomic E-state index is -0.440. The Hall–Kier alpha value is -3.36. The van der Waals surface area contributed by atoms with E-state index in [9.17, 15) is 19.2 Å². The smallest absolute Gasteiger partial charge is 0.258 e. The Morgan fingerprint density at radius 1 is 0.469 bits per heavy atom. The van der Waals surface area contributed by atoms with E-state index in [0.29, 0.717) is 42.0 Å². The third-order valence-corrected chi connectivity index (χ3v) is 7.69. The van der Waals surface area contributed by atoms with Crippen LogP contribution in [0.5, 0.6) is 0 Å². The molecule has 5 aromatic carbocycles. The highest BCUT2D eigenvalue weighted by molar-refractivity contribution is 9.11. The van der Waals surface area contributed by atoms with Gasteiger partial charge in [0.15, 0.2) is 0 Å². The van der Waals surface area contributed by atoms with Crippen molar-refractivity contribution in [3.8, 4) is 0 Å². The molecule has 0 aliphatic carbocycles. The van der Waals surface area contributed by atoms with Gasteiger partial charge in [0.25, 0.3) is 23.6 Å². The Morgan fingerprint density at radius 2 is 0.844 bits per heavy atom. The zero-order valence-electron chi connectivity index (χ0n) is 15.9. The van der Waals surface area contributed by atoms with Crippen molar-refractivity contribution in [2.75, 3.05) is 0 Å². The molecule has 0 atom stereocenters. The first-order valence-electron chi connectivity index (χ1n) is 9.67. The van der Waals surface area contributed by atoms with Gasteiger partial charge in [0.05, 0.1) is 0 Å². The molecule has 0 spiro atoms. The summed E-state index contributed by atoms with van der Waals surface area (Å²) in [4.78, 5) is 50.4. The van der Waals surface area contributed by atoms with Crippen molar-refractivity contribution >= 4 is 98.6 Å². The van der Waals surface area contributed by atoms with Crippen LogP contribution in [0.25, 0.3) is 43.1 Å². The molecule has 0 saturated heterocycles. The Balaban J connectivity index is 1.88. The predicted octanol–water partition coefficient (Wildman–Crippen LogP) is 5.03. The fourth-order valence-electron chi connectivity index (χ4n) is 5.22. The number of rotatable bonds is 0. The first kappa shape index (κ1) is 18.2. The minimum Gasteiger partial charge on any atom is -0.288 e. The van der Waals surface area contributed by atoms with E-state index in [1.807, 2.05) is 12.1 Å². The molecular weight excluding hydrogens is 540 g/mol. The molecule has 32 heavy (non-hydrogen) atoms. The van der Waals surface area contributed by atoms with Crippen molar-refractivity contribution in [1.82, 2.24) is 10.6 Å². The fourth-order valence-corrected chi connectivity index (χ4v) is 6.50. The number of nitrogens with one attached hydrogen (secondary N) is 2. The van der Waals surface area contributed by atoms with E-state index in [2.05, 4.69) is 42.5 Å². The van der Waals surface area contributed by atoms with Gasteiger partial charge in [-0.25, -0.2) is 0 Å². The van der Waals surface area contributed by atoms with Gasteiger partial charge in [-0.2, -0.15) is 0 Å². The number of hydrogen-bond acceptors (Lipinski definition) is 4. The van der Waals surface area contributed by atoms with E-state index in [0.717, 1.165) is 32.3 Å². The van der Waals surface area contributed by atoms with Crippen LogP contribution in [-0.4, -0.2) is 23.6 Å². The Labute approximate surface area is 195 Å². The molecule has 8 heteroatoms. The second-order valence-electron chi connectivity index (χ2n) is 7.95. The molecular formula is C24H8Br2N2O4. The molecule has 6 nitrogen and oxygen atoms in total. The number of carbonyl (C=O) groups is 4. The van der Waals surface area contributed by atoms with E-state index in [1.54, 1.807) is 24.3 Å². The molecule has 7 rings (SSSR count). The molecule has 2 N–H and O–H groups in total. The van der Waals surface area contributed by atoms with Gasteiger partial charge in [-0.05, 0) is 35.0 Å². The van der Waals surface area contributed by atoms with Crippen molar-refractivity contribution in [1.29, 1.82) is 0 Å². The second kappa shape index (κ2) is 5.70. The summed E-state index contributed by atoms with van der Waals surface area (Å²) in [5, 5.41) is 10.9. The zero-order chi connectivity index (χ0) is 22.0. The topological polar surface area (TPSA) is 92.3 Å². The number of benzene rings is 5.